The van der Waals surface area contributed by atoms with Gasteiger partial charge in [0.1, 0.15) is 0 Å². The molecule has 1 aromatic carbocycles. The quantitative estimate of drug-likeness (QED) is 0.531. The third-order valence-electron chi connectivity index (χ3n) is 5.72. The number of rotatable bonds is 9. The fourth-order valence-electron chi connectivity index (χ4n) is 4.23. The van der Waals surface area contributed by atoms with Gasteiger partial charge in [0.05, 0.1) is 27.9 Å². The molecule has 0 aliphatic carbocycles. The van der Waals surface area contributed by atoms with E-state index in [-0.39, 0.29) is 24.8 Å². The van der Waals surface area contributed by atoms with Crippen LogP contribution in [0.5, 0.6) is 23.0 Å². The summed E-state index contributed by atoms with van der Waals surface area (Å²) in [6.45, 7) is 6.83. The first-order chi connectivity index (χ1) is 13.3. The van der Waals surface area contributed by atoms with Gasteiger partial charge >= 0.3 is 0 Å². The van der Waals surface area contributed by atoms with Gasteiger partial charge in [-0.15, -0.1) is 24.8 Å². The van der Waals surface area contributed by atoms with Gasteiger partial charge in [-0.1, -0.05) is 6.42 Å². The van der Waals surface area contributed by atoms with Crippen molar-refractivity contribution >= 4 is 24.8 Å². The molecule has 0 amide bonds. The van der Waals surface area contributed by atoms with Gasteiger partial charge in [0.25, 0.3) is 0 Å². The van der Waals surface area contributed by atoms with Gasteiger partial charge in [0.15, 0.2) is 11.5 Å². The van der Waals surface area contributed by atoms with Crippen molar-refractivity contribution in [3.8, 4) is 23.0 Å². The van der Waals surface area contributed by atoms with Gasteiger partial charge in [0.2, 0.25) is 11.5 Å². The van der Waals surface area contributed by atoms with Crippen molar-refractivity contribution < 1.29 is 18.9 Å². The molecule has 2 saturated heterocycles. The summed E-state index contributed by atoms with van der Waals surface area (Å²) in [6.07, 6.45) is 6.34. The van der Waals surface area contributed by atoms with Crippen molar-refractivity contribution in [1.29, 1.82) is 0 Å². The van der Waals surface area contributed by atoms with Crippen LogP contribution >= 0.6 is 24.8 Å². The Kier molecular flexibility index (Phi) is 11.9. The van der Waals surface area contributed by atoms with Gasteiger partial charge in [-0.05, 0) is 50.9 Å². The van der Waals surface area contributed by atoms with Gasteiger partial charge in [-0.25, -0.2) is 0 Å². The number of unbranched alkanes of at least 4 members (excludes halogenated alkanes) is 1. The number of piperazine rings is 1. The van der Waals surface area contributed by atoms with Crippen LogP contribution in [0.2, 0.25) is 0 Å². The number of nitrogens with zero attached hydrogens (tertiary/aromatic N) is 2. The zero-order valence-electron chi connectivity index (χ0n) is 17.9. The Morgan fingerprint density at radius 1 is 0.862 bits per heavy atom. The van der Waals surface area contributed by atoms with Crippen molar-refractivity contribution in [3.63, 3.8) is 0 Å². The molecule has 2 heterocycles. The van der Waals surface area contributed by atoms with E-state index in [1.165, 1.54) is 45.4 Å². The molecule has 0 saturated carbocycles. The highest BCUT2D eigenvalue weighted by Gasteiger charge is 2.28. The van der Waals surface area contributed by atoms with Crippen LogP contribution in [0.1, 0.15) is 32.1 Å². The normalized spacial score (nSPS) is 19.3. The van der Waals surface area contributed by atoms with Crippen LogP contribution in [0.25, 0.3) is 0 Å². The smallest absolute Gasteiger partial charge is 0.207 e. The predicted molar refractivity (Wildman–Crippen MR) is 121 cm³/mol. The molecule has 1 atom stereocenters. The van der Waals surface area contributed by atoms with E-state index < -0.39 is 0 Å². The summed E-state index contributed by atoms with van der Waals surface area (Å²) in [6, 6.07) is 4.52. The Bertz CT molecular complexity index is 606. The summed E-state index contributed by atoms with van der Waals surface area (Å²) in [4.78, 5) is 5.32. The molecule has 0 radical (unpaired) electrons. The first kappa shape index (κ1) is 26.0. The monoisotopic (exact) mass is 450 g/mol. The number of ether oxygens (including phenoxy) is 4. The summed E-state index contributed by atoms with van der Waals surface area (Å²) < 4.78 is 22.1. The number of piperidine rings is 1. The first-order valence-electron chi connectivity index (χ1n) is 10.1. The number of fused-ring (bicyclic) bond motifs is 1. The molecule has 2 aliphatic rings. The van der Waals surface area contributed by atoms with E-state index in [2.05, 4.69) is 9.80 Å². The molecular formula is C21H36Cl2N2O4. The molecule has 1 aromatic rings. The number of methoxy groups -OCH3 is 3. The summed E-state index contributed by atoms with van der Waals surface area (Å²) in [5.74, 6) is 2.50. The van der Waals surface area contributed by atoms with E-state index in [0.29, 0.717) is 29.6 Å². The zero-order valence-corrected chi connectivity index (χ0v) is 19.5. The molecule has 0 N–H and O–H groups in total. The molecule has 2 aliphatic heterocycles. The Morgan fingerprint density at radius 2 is 1.59 bits per heavy atom. The molecule has 29 heavy (non-hydrogen) atoms. The zero-order chi connectivity index (χ0) is 19.1. The van der Waals surface area contributed by atoms with Crippen molar-refractivity contribution in [3.05, 3.63) is 12.1 Å². The van der Waals surface area contributed by atoms with Crippen LogP contribution in [0, 0.1) is 0 Å². The van der Waals surface area contributed by atoms with E-state index in [0.717, 1.165) is 25.4 Å². The van der Waals surface area contributed by atoms with E-state index in [1.54, 1.807) is 21.3 Å². The largest absolute Gasteiger partial charge is 0.493 e. The maximum Gasteiger partial charge on any atom is 0.207 e. The minimum atomic E-state index is 0. The Labute approximate surface area is 187 Å². The maximum absolute atomic E-state index is 5.96. The second kappa shape index (κ2) is 13.3. The third kappa shape index (κ3) is 6.71. The van der Waals surface area contributed by atoms with Crippen LogP contribution < -0.4 is 18.9 Å². The topological polar surface area (TPSA) is 43.4 Å². The lowest BCUT2D eigenvalue weighted by Crippen LogP contribution is -2.54. The van der Waals surface area contributed by atoms with Gasteiger partial charge in [0, 0.05) is 25.7 Å². The maximum atomic E-state index is 5.96. The Balaban J connectivity index is 0.00000210. The molecule has 8 heteroatoms. The van der Waals surface area contributed by atoms with E-state index in [4.69, 9.17) is 18.9 Å². The van der Waals surface area contributed by atoms with Crippen molar-refractivity contribution in [2.75, 3.05) is 60.7 Å². The Morgan fingerprint density at radius 3 is 2.31 bits per heavy atom. The standard InChI is InChI=1S/C21H34N2O4.2ClH/c1-24-18-9-10-19(21(26-3)20(18)25-2)27-15-7-6-11-22-13-14-23-12-5-4-8-17(23)16-22;;/h9-10,17H,4-8,11-16H2,1-3H3;2*1H. The molecule has 0 bridgehead atoms. The van der Waals surface area contributed by atoms with Crippen LogP contribution in [-0.4, -0.2) is 76.5 Å². The summed E-state index contributed by atoms with van der Waals surface area (Å²) in [7, 11) is 4.84. The third-order valence-corrected chi connectivity index (χ3v) is 5.72. The SMILES string of the molecule is COc1ccc(OCCCCN2CCN3CCCCC3C2)c(OC)c1OC.Cl.Cl. The van der Waals surface area contributed by atoms with Gasteiger partial charge < -0.3 is 23.8 Å². The minimum Gasteiger partial charge on any atom is -0.493 e. The molecule has 6 nitrogen and oxygen atoms in total. The average molecular weight is 451 g/mol. The first-order valence-corrected chi connectivity index (χ1v) is 10.1. The second-order valence-electron chi connectivity index (χ2n) is 7.37. The highest BCUT2D eigenvalue weighted by Crippen LogP contribution is 2.43. The van der Waals surface area contributed by atoms with Gasteiger partial charge in [-0.3, -0.25) is 4.90 Å². The second-order valence-corrected chi connectivity index (χ2v) is 7.37. The van der Waals surface area contributed by atoms with Crippen molar-refractivity contribution in [2.45, 2.75) is 38.1 Å². The Hall–Kier alpha value is -1.08. The lowest BCUT2D eigenvalue weighted by Gasteiger charge is -2.44. The van der Waals surface area contributed by atoms with Gasteiger partial charge in [-0.2, -0.15) is 0 Å². The van der Waals surface area contributed by atoms with Crippen LogP contribution in [0.4, 0.5) is 0 Å². The molecule has 3 rings (SSSR count). The number of benzene rings is 1. The molecular weight excluding hydrogens is 415 g/mol. The highest BCUT2D eigenvalue weighted by molar-refractivity contribution is 5.85. The number of halogens is 2. The predicted octanol–water partition coefficient (Wildman–Crippen LogP) is 3.89. The van der Waals surface area contributed by atoms with Crippen molar-refractivity contribution in [2.24, 2.45) is 0 Å². The summed E-state index contributed by atoms with van der Waals surface area (Å²) in [5, 5.41) is 0. The lowest BCUT2D eigenvalue weighted by molar-refractivity contribution is 0.0482. The number of hydrogen-bond donors (Lipinski definition) is 0. The summed E-state index contributed by atoms with van der Waals surface area (Å²) in [5.41, 5.74) is 0. The molecule has 168 valence electrons. The molecule has 1 unspecified atom stereocenters. The molecule has 0 aromatic heterocycles. The van der Waals surface area contributed by atoms with Crippen molar-refractivity contribution in [1.82, 2.24) is 9.80 Å². The average Bonchev–Trinajstić information content (AvgIpc) is 2.72. The number of hydrogen-bond acceptors (Lipinski definition) is 6. The molecule has 0 spiro atoms. The fraction of sp³-hybridized carbons (Fsp3) is 0.714. The van der Waals surface area contributed by atoms with Crippen LogP contribution in [-0.2, 0) is 0 Å². The minimum absolute atomic E-state index is 0. The van der Waals surface area contributed by atoms with Crippen LogP contribution in [0.3, 0.4) is 0 Å². The van der Waals surface area contributed by atoms with Crippen LogP contribution in [0.15, 0.2) is 12.1 Å². The highest BCUT2D eigenvalue weighted by atomic mass is 35.5. The van der Waals surface area contributed by atoms with E-state index >= 15 is 0 Å². The molecule has 2 fully saturated rings. The lowest BCUT2D eigenvalue weighted by atomic mass is 9.99. The van der Waals surface area contributed by atoms with E-state index in [1.807, 2.05) is 12.1 Å². The fourth-order valence-corrected chi connectivity index (χ4v) is 4.23. The summed E-state index contributed by atoms with van der Waals surface area (Å²) >= 11 is 0. The van der Waals surface area contributed by atoms with E-state index in [9.17, 15) is 0 Å².